The first-order chi connectivity index (χ1) is 7.72. The van der Waals surface area contributed by atoms with Crippen molar-refractivity contribution in [2.24, 2.45) is 0 Å². The average molecular weight is 220 g/mol. The highest BCUT2D eigenvalue weighted by Crippen LogP contribution is 2.20. The zero-order valence-electron chi connectivity index (χ0n) is 9.08. The molecule has 0 bridgehead atoms. The van der Waals surface area contributed by atoms with Gasteiger partial charge in [0, 0.05) is 6.20 Å². The minimum absolute atomic E-state index is 0.325. The van der Waals surface area contributed by atoms with Crippen molar-refractivity contribution >= 4 is 5.97 Å². The van der Waals surface area contributed by atoms with E-state index in [2.05, 4.69) is 9.84 Å². The topological polar surface area (TPSA) is 57.3 Å². The van der Waals surface area contributed by atoms with Crippen LogP contribution in [0.4, 0.5) is 0 Å². The Labute approximate surface area is 92.6 Å². The van der Waals surface area contributed by atoms with Gasteiger partial charge >= 0.3 is 5.97 Å². The van der Waals surface area contributed by atoms with Gasteiger partial charge in [-0.05, 0) is 19.1 Å². The van der Waals surface area contributed by atoms with Gasteiger partial charge < -0.3 is 9.15 Å². The summed E-state index contributed by atoms with van der Waals surface area (Å²) in [4.78, 5) is 11.3. The molecule has 0 aliphatic rings. The summed E-state index contributed by atoms with van der Waals surface area (Å²) in [6.45, 7) is 1.73. The predicted octanol–water partition coefficient (Wildman–Crippen LogP) is 1.88. The molecule has 0 fully saturated rings. The van der Waals surface area contributed by atoms with Gasteiger partial charge in [0.05, 0.1) is 25.1 Å². The van der Waals surface area contributed by atoms with Crippen LogP contribution in [0.5, 0.6) is 0 Å². The third kappa shape index (κ3) is 1.84. The number of carbonyl (C=O) groups is 1. The molecule has 0 saturated carbocycles. The van der Waals surface area contributed by atoms with Crippen molar-refractivity contribution < 1.29 is 13.9 Å². The van der Waals surface area contributed by atoms with Gasteiger partial charge in [-0.3, -0.25) is 4.68 Å². The van der Waals surface area contributed by atoms with E-state index in [1.54, 1.807) is 36.3 Å². The lowest BCUT2D eigenvalue weighted by Gasteiger charge is -2.08. The van der Waals surface area contributed by atoms with Crippen molar-refractivity contribution in [3.8, 4) is 11.3 Å². The Morgan fingerprint density at radius 3 is 3.06 bits per heavy atom. The van der Waals surface area contributed by atoms with E-state index in [1.165, 1.54) is 7.11 Å². The molecule has 0 aliphatic carbocycles. The highest BCUT2D eigenvalue weighted by molar-refractivity contribution is 5.73. The van der Waals surface area contributed by atoms with Crippen LogP contribution in [0.2, 0.25) is 0 Å². The number of esters is 1. The van der Waals surface area contributed by atoms with Gasteiger partial charge in [-0.25, -0.2) is 4.79 Å². The Kier molecular flexibility index (Phi) is 2.76. The molecule has 0 spiro atoms. The van der Waals surface area contributed by atoms with Crippen LogP contribution in [0.1, 0.15) is 13.0 Å². The molecule has 0 aromatic carbocycles. The molecule has 0 aliphatic heterocycles. The normalized spacial score (nSPS) is 12.4. The summed E-state index contributed by atoms with van der Waals surface area (Å²) in [6.07, 6.45) is 5.00. The fraction of sp³-hybridized carbons (Fsp3) is 0.273. The molecule has 1 unspecified atom stereocenters. The number of rotatable bonds is 3. The lowest BCUT2D eigenvalue weighted by molar-refractivity contribution is -0.144. The van der Waals surface area contributed by atoms with E-state index in [9.17, 15) is 4.79 Å². The van der Waals surface area contributed by atoms with Crippen LogP contribution in [-0.2, 0) is 9.53 Å². The quantitative estimate of drug-likeness (QED) is 0.741. The predicted molar refractivity (Wildman–Crippen MR) is 56.7 cm³/mol. The average Bonchev–Trinajstić information content (AvgIpc) is 2.96. The van der Waals surface area contributed by atoms with Crippen LogP contribution < -0.4 is 0 Å². The molecule has 5 nitrogen and oxygen atoms in total. The Hall–Kier alpha value is -2.04. The lowest BCUT2D eigenvalue weighted by atomic mass is 10.3. The van der Waals surface area contributed by atoms with Crippen LogP contribution in [0.15, 0.2) is 35.2 Å². The smallest absolute Gasteiger partial charge is 0.330 e. The summed E-state index contributed by atoms with van der Waals surface area (Å²) in [7, 11) is 1.36. The molecular weight excluding hydrogens is 208 g/mol. The summed E-state index contributed by atoms with van der Waals surface area (Å²) in [5.74, 6) is 0.400. The minimum atomic E-state index is -0.436. The highest BCUT2D eigenvalue weighted by Gasteiger charge is 2.16. The molecule has 0 saturated heterocycles. The number of methoxy groups -OCH3 is 1. The summed E-state index contributed by atoms with van der Waals surface area (Å²) < 4.78 is 11.4. The van der Waals surface area contributed by atoms with Gasteiger partial charge in [0.25, 0.3) is 0 Å². The van der Waals surface area contributed by atoms with Crippen molar-refractivity contribution in [1.82, 2.24) is 9.78 Å². The number of hydrogen-bond donors (Lipinski definition) is 0. The van der Waals surface area contributed by atoms with Gasteiger partial charge in [-0.2, -0.15) is 5.10 Å². The monoisotopic (exact) mass is 220 g/mol. The zero-order chi connectivity index (χ0) is 11.5. The summed E-state index contributed by atoms with van der Waals surface area (Å²) >= 11 is 0. The zero-order valence-corrected chi connectivity index (χ0v) is 9.08. The summed E-state index contributed by atoms with van der Waals surface area (Å²) in [6, 6.07) is 3.20. The molecule has 0 radical (unpaired) electrons. The Bertz CT molecular complexity index is 473. The second-order valence-corrected chi connectivity index (χ2v) is 3.39. The van der Waals surface area contributed by atoms with E-state index in [0.717, 1.165) is 11.3 Å². The Morgan fingerprint density at radius 1 is 1.62 bits per heavy atom. The maximum absolute atomic E-state index is 11.3. The largest absolute Gasteiger partial charge is 0.467 e. The summed E-state index contributed by atoms with van der Waals surface area (Å²) in [5, 5.41) is 4.10. The van der Waals surface area contributed by atoms with Crippen molar-refractivity contribution in [3.05, 3.63) is 30.8 Å². The highest BCUT2D eigenvalue weighted by atomic mass is 16.5. The van der Waals surface area contributed by atoms with Crippen molar-refractivity contribution in [2.75, 3.05) is 7.11 Å². The maximum atomic E-state index is 11.3. The number of aromatic nitrogens is 2. The van der Waals surface area contributed by atoms with Crippen LogP contribution in [-0.4, -0.2) is 22.9 Å². The van der Waals surface area contributed by atoms with Gasteiger partial charge in [0.15, 0.2) is 0 Å². The summed E-state index contributed by atoms with van der Waals surface area (Å²) in [5.41, 5.74) is 0.834. The van der Waals surface area contributed by atoms with Crippen molar-refractivity contribution in [2.45, 2.75) is 13.0 Å². The molecule has 5 heteroatoms. The van der Waals surface area contributed by atoms with E-state index >= 15 is 0 Å². The number of carbonyl (C=O) groups excluding carboxylic acids is 1. The standard InChI is InChI=1S/C11H12N2O3/c1-8(11(14)15-2)13-7-9(6-12-13)10-4-3-5-16-10/h3-8H,1-2H3. The van der Waals surface area contributed by atoms with E-state index in [4.69, 9.17) is 4.42 Å². The molecule has 2 rings (SSSR count). The van der Waals surface area contributed by atoms with E-state index < -0.39 is 6.04 Å². The molecule has 2 aromatic heterocycles. The number of nitrogens with zero attached hydrogens (tertiary/aromatic N) is 2. The molecular formula is C11H12N2O3. The Balaban J connectivity index is 2.23. The van der Waals surface area contributed by atoms with Gasteiger partial charge in [0.2, 0.25) is 0 Å². The third-order valence-corrected chi connectivity index (χ3v) is 2.35. The van der Waals surface area contributed by atoms with Gasteiger partial charge in [-0.15, -0.1) is 0 Å². The van der Waals surface area contributed by atoms with E-state index in [1.807, 2.05) is 6.07 Å². The molecule has 2 aromatic rings. The SMILES string of the molecule is COC(=O)C(C)n1cc(-c2ccco2)cn1. The van der Waals surface area contributed by atoms with Crippen LogP contribution in [0.25, 0.3) is 11.3 Å². The van der Waals surface area contributed by atoms with Gasteiger partial charge in [0.1, 0.15) is 11.8 Å². The van der Waals surface area contributed by atoms with E-state index in [0.29, 0.717) is 0 Å². The number of furan rings is 1. The van der Waals surface area contributed by atoms with Crippen molar-refractivity contribution in [3.63, 3.8) is 0 Å². The first-order valence-electron chi connectivity index (χ1n) is 4.88. The maximum Gasteiger partial charge on any atom is 0.330 e. The Morgan fingerprint density at radius 2 is 2.44 bits per heavy atom. The minimum Gasteiger partial charge on any atom is -0.467 e. The molecule has 0 N–H and O–H groups in total. The fourth-order valence-electron chi connectivity index (χ4n) is 1.40. The second-order valence-electron chi connectivity index (χ2n) is 3.39. The lowest BCUT2D eigenvalue weighted by Crippen LogP contribution is -2.17. The number of ether oxygens (including phenoxy) is 1. The first-order valence-corrected chi connectivity index (χ1v) is 4.88. The van der Waals surface area contributed by atoms with Crippen LogP contribution in [0, 0.1) is 0 Å². The fourth-order valence-corrected chi connectivity index (χ4v) is 1.40. The molecule has 0 amide bonds. The molecule has 84 valence electrons. The molecule has 2 heterocycles. The number of hydrogen-bond acceptors (Lipinski definition) is 4. The van der Waals surface area contributed by atoms with Crippen LogP contribution >= 0.6 is 0 Å². The van der Waals surface area contributed by atoms with Gasteiger partial charge in [-0.1, -0.05) is 0 Å². The van der Waals surface area contributed by atoms with E-state index in [-0.39, 0.29) is 5.97 Å². The van der Waals surface area contributed by atoms with Crippen LogP contribution in [0.3, 0.4) is 0 Å². The first kappa shape index (κ1) is 10.5. The molecule has 1 atom stereocenters. The second kappa shape index (κ2) is 4.22. The molecule has 16 heavy (non-hydrogen) atoms. The third-order valence-electron chi connectivity index (χ3n) is 2.35. The van der Waals surface area contributed by atoms with Crippen molar-refractivity contribution in [1.29, 1.82) is 0 Å².